The minimum Gasteiger partial charge on any atom is -0.350 e. The van der Waals surface area contributed by atoms with Crippen molar-refractivity contribution in [3.8, 4) is 0 Å². The van der Waals surface area contributed by atoms with E-state index in [0.29, 0.717) is 6.04 Å². The topological polar surface area (TPSA) is 34.8 Å². The molecular formula is C16H24N4. The first-order chi connectivity index (χ1) is 9.79. The van der Waals surface area contributed by atoms with E-state index in [2.05, 4.69) is 40.2 Å². The highest BCUT2D eigenvalue weighted by Crippen LogP contribution is 2.29. The van der Waals surface area contributed by atoms with Crippen LogP contribution in [0.5, 0.6) is 0 Å². The fourth-order valence-electron chi connectivity index (χ4n) is 3.21. The van der Waals surface area contributed by atoms with Gasteiger partial charge in [-0.05, 0) is 37.8 Å². The molecule has 1 N–H and O–H groups in total. The van der Waals surface area contributed by atoms with Gasteiger partial charge in [-0.25, -0.2) is 0 Å². The predicted molar refractivity (Wildman–Crippen MR) is 80.4 cm³/mol. The molecule has 20 heavy (non-hydrogen) atoms. The molecule has 2 aromatic rings. The molecule has 0 radical (unpaired) electrons. The molecule has 0 spiro atoms. The zero-order valence-corrected chi connectivity index (χ0v) is 12.5. The summed E-state index contributed by atoms with van der Waals surface area (Å²) in [5.74, 6) is 0. The number of aromatic nitrogens is 3. The van der Waals surface area contributed by atoms with Gasteiger partial charge in [-0.15, -0.1) is 0 Å². The first kappa shape index (κ1) is 13.4. The van der Waals surface area contributed by atoms with Crippen LogP contribution in [0.25, 0.3) is 0 Å². The van der Waals surface area contributed by atoms with Gasteiger partial charge < -0.3 is 9.88 Å². The third kappa shape index (κ3) is 2.52. The number of nitrogens with zero attached hydrogens (tertiary/aromatic N) is 3. The van der Waals surface area contributed by atoms with E-state index < -0.39 is 0 Å². The molecule has 1 unspecified atom stereocenters. The Morgan fingerprint density at radius 2 is 2.35 bits per heavy atom. The highest BCUT2D eigenvalue weighted by molar-refractivity contribution is 5.24. The average Bonchev–Trinajstić information content (AvgIpc) is 3.05. The minimum absolute atomic E-state index is 0.456. The summed E-state index contributed by atoms with van der Waals surface area (Å²) in [4.78, 5) is 0. The van der Waals surface area contributed by atoms with Crippen molar-refractivity contribution in [2.45, 2.75) is 51.7 Å². The second-order valence-corrected chi connectivity index (χ2v) is 5.69. The van der Waals surface area contributed by atoms with Gasteiger partial charge in [0.05, 0.1) is 6.20 Å². The molecule has 108 valence electrons. The molecule has 1 atom stereocenters. The van der Waals surface area contributed by atoms with Gasteiger partial charge in [0.2, 0.25) is 0 Å². The normalized spacial score (nSPS) is 18.2. The van der Waals surface area contributed by atoms with E-state index in [1.54, 1.807) is 0 Å². The van der Waals surface area contributed by atoms with Gasteiger partial charge in [0.25, 0.3) is 0 Å². The number of rotatable bonds is 5. The van der Waals surface area contributed by atoms with Crippen LogP contribution < -0.4 is 5.32 Å². The molecule has 4 heteroatoms. The summed E-state index contributed by atoms with van der Waals surface area (Å²) in [6, 6.07) is 4.82. The number of nitrogens with one attached hydrogen (secondary N) is 1. The third-order valence-electron chi connectivity index (χ3n) is 4.29. The van der Waals surface area contributed by atoms with Gasteiger partial charge in [-0.2, -0.15) is 5.10 Å². The van der Waals surface area contributed by atoms with Crippen molar-refractivity contribution >= 4 is 0 Å². The van der Waals surface area contributed by atoms with Crippen LogP contribution in [0.2, 0.25) is 0 Å². The van der Waals surface area contributed by atoms with Crippen LogP contribution in [0.4, 0.5) is 0 Å². The van der Waals surface area contributed by atoms with E-state index in [9.17, 15) is 0 Å². The maximum atomic E-state index is 4.41. The molecule has 2 aromatic heterocycles. The van der Waals surface area contributed by atoms with Crippen LogP contribution in [0.3, 0.4) is 0 Å². The van der Waals surface area contributed by atoms with E-state index in [4.69, 9.17) is 0 Å². The van der Waals surface area contributed by atoms with Gasteiger partial charge in [0, 0.05) is 49.3 Å². The zero-order valence-electron chi connectivity index (χ0n) is 12.5. The van der Waals surface area contributed by atoms with Crippen LogP contribution in [-0.4, -0.2) is 14.3 Å². The molecule has 0 aromatic carbocycles. The standard InChI is InChI=1S/C16H24N4/c1-3-9-20-10-5-6-13(20)11-17-15-7-4-8-16-14(15)12-18-19(16)2/h5-6,10,12,15,17H,3-4,7-9,11H2,1-2H3. The summed E-state index contributed by atoms with van der Waals surface area (Å²) in [6.07, 6.45) is 9.02. The Hall–Kier alpha value is -1.55. The first-order valence-electron chi connectivity index (χ1n) is 7.67. The maximum Gasteiger partial charge on any atom is 0.0540 e. The van der Waals surface area contributed by atoms with Gasteiger partial charge in [0.1, 0.15) is 0 Å². The number of hydrogen-bond acceptors (Lipinski definition) is 2. The SMILES string of the molecule is CCCn1cccc1CNC1CCCc2c1cnn2C. The van der Waals surface area contributed by atoms with Crippen molar-refractivity contribution in [3.63, 3.8) is 0 Å². The third-order valence-corrected chi connectivity index (χ3v) is 4.29. The summed E-state index contributed by atoms with van der Waals surface area (Å²) < 4.78 is 4.38. The summed E-state index contributed by atoms with van der Waals surface area (Å²) in [5.41, 5.74) is 4.17. The molecule has 0 bridgehead atoms. The number of fused-ring (bicyclic) bond motifs is 1. The molecular weight excluding hydrogens is 248 g/mol. The lowest BCUT2D eigenvalue weighted by molar-refractivity contribution is 0.443. The van der Waals surface area contributed by atoms with Gasteiger partial charge in [-0.1, -0.05) is 6.92 Å². The Labute approximate surface area is 120 Å². The maximum absolute atomic E-state index is 4.41. The largest absolute Gasteiger partial charge is 0.350 e. The van der Waals surface area contributed by atoms with E-state index in [-0.39, 0.29) is 0 Å². The monoisotopic (exact) mass is 272 g/mol. The number of hydrogen-bond donors (Lipinski definition) is 1. The molecule has 2 heterocycles. The molecule has 1 aliphatic carbocycles. The highest BCUT2D eigenvalue weighted by Gasteiger charge is 2.22. The molecule has 4 nitrogen and oxygen atoms in total. The molecule has 3 rings (SSSR count). The fraction of sp³-hybridized carbons (Fsp3) is 0.562. The summed E-state index contributed by atoms with van der Waals surface area (Å²) in [5, 5.41) is 8.13. The van der Waals surface area contributed by atoms with Crippen molar-refractivity contribution in [1.29, 1.82) is 0 Å². The highest BCUT2D eigenvalue weighted by atomic mass is 15.3. The first-order valence-corrected chi connectivity index (χ1v) is 7.67. The second-order valence-electron chi connectivity index (χ2n) is 5.69. The number of aryl methyl sites for hydroxylation is 2. The van der Waals surface area contributed by atoms with E-state index >= 15 is 0 Å². The summed E-state index contributed by atoms with van der Waals surface area (Å²) >= 11 is 0. The Kier molecular flexibility index (Phi) is 3.92. The van der Waals surface area contributed by atoms with E-state index in [1.807, 2.05) is 17.9 Å². The van der Waals surface area contributed by atoms with Crippen molar-refractivity contribution in [3.05, 3.63) is 41.5 Å². The zero-order chi connectivity index (χ0) is 13.9. The molecule has 0 aliphatic heterocycles. The summed E-state index contributed by atoms with van der Waals surface area (Å²) in [6.45, 7) is 4.26. The molecule has 0 amide bonds. The van der Waals surface area contributed by atoms with Crippen molar-refractivity contribution in [1.82, 2.24) is 19.7 Å². The van der Waals surface area contributed by atoms with Gasteiger partial charge >= 0.3 is 0 Å². The Morgan fingerprint density at radius 3 is 3.20 bits per heavy atom. The Balaban J connectivity index is 1.68. The lowest BCUT2D eigenvalue weighted by Crippen LogP contribution is -2.25. The van der Waals surface area contributed by atoms with Gasteiger partial charge in [0.15, 0.2) is 0 Å². The quantitative estimate of drug-likeness (QED) is 0.908. The lowest BCUT2D eigenvalue weighted by Gasteiger charge is -2.24. The fourth-order valence-corrected chi connectivity index (χ4v) is 3.21. The molecule has 0 saturated heterocycles. The van der Waals surface area contributed by atoms with Crippen molar-refractivity contribution in [2.24, 2.45) is 7.05 Å². The van der Waals surface area contributed by atoms with Crippen molar-refractivity contribution in [2.75, 3.05) is 0 Å². The molecule has 0 fully saturated rings. The van der Waals surface area contributed by atoms with E-state index in [0.717, 1.165) is 19.5 Å². The average molecular weight is 272 g/mol. The minimum atomic E-state index is 0.456. The molecule has 0 saturated carbocycles. The second kappa shape index (κ2) is 5.83. The van der Waals surface area contributed by atoms with Crippen LogP contribution >= 0.6 is 0 Å². The van der Waals surface area contributed by atoms with Crippen LogP contribution in [0, 0.1) is 0 Å². The van der Waals surface area contributed by atoms with Crippen LogP contribution in [0.15, 0.2) is 24.5 Å². The Bertz CT molecular complexity index is 567. The van der Waals surface area contributed by atoms with E-state index in [1.165, 1.54) is 36.2 Å². The van der Waals surface area contributed by atoms with Crippen LogP contribution in [-0.2, 0) is 26.6 Å². The smallest absolute Gasteiger partial charge is 0.0540 e. The summed E-state index contributed by atoms with van der Waals surface area (Å²) in [7, 11) is 2.05. The van der Waals surface area contributed by atoms with Crippen molar-refractivity contribution < 1.29 is 0 Å². The predicted octanol–water partition coefficient (Wildman–Crippen LogP) is 2.80. The Morgan fingerprint density at radius 1 is 1.45 bits per heavy atom. The van der Waals surface area contributed by atoms with Crippen LogP contribution in [0.1, 0.15) is 49.2 Å². The molecule has 1 aliphatic rings. The lowest BCUT2D eigenvalue weighted by atomic mass is 9.93. The van der Waals surface area contributed by atoms with Gasteiger partial charge in [-0.3, -0.25) is 4.68 Å².